The number of hydrogen-bond acceptors (Lipinski definition) is 7. The first-order chi connectivity index (χ1) is 14.1. The van der Waals surface area contributed by atoms with Crippen molar-refractivity contribution in [2.45, 2.75) is 26.3 Å². The number of carbonyl (C=O) groups is 3. The van der Waals surface area contributed by atoms with E-state index in [9.17, 15) is 14.4 Å². The van der Waals surface area contributed by atoms with Crippen molar-refractivity contribution in [1.82, 2.24) is 15.1 Å². The number of nitrogens with zero attached hydrogens (tertiary/aromatic N) is 2. The highest BCUT2D eigenvalue weighted by molar-refractivity contribution is 5.86. The van der Waals surface area contributed by atoms with E-state index >= 15 is 0 Å². The van der Waals surface area contributed by atoms with E-state index in [0.29, 0.717) is 31.7 Å². The number of ether oxygens (including phenoxy) is 2. The fourth-order valence-electron chi connectivity index (χ4n) is 3.54. The maximum atomic E-state index is 12.6. The van der Waals surface area contributed by atoms with E-state index in [-0.39, 0.29) is 36.6 Å². The smallest absolute Gasteiger partial charge is 0.374 e. The summed E-state index contributed by atoms with van der Waals surface area (Å²) in [6.07, 6.45) is 0.930. The highest BCUT2D eigenvalue weighted by Crippen LogP contribution is 2.18. The van der Waals surface area contributed by atoms with Crippen LogP contribution in [0.2, 0.25) is 0 Å². The van der Waals surface area contributed by atoms with Crippen LogP contribution in [0.25, 0.3) is 0 Å². The van der Waals surface area contributed by atoms with E-state index in [1.54, 1.807) is 17.9 Å². The number of rotatable bonds is 8. The summed E-state index contributed by atoms with van der Waals surface area (Å²) in [4.78, 5) is 40.5. The number of morpholine rings is 1. The lowest BCUT2D eigenvalue weighted by Crippen LogP contribution is -2.49. The van der Waals surface area contributed by atoms with Gasteiger partial charge >= 0.3 is 5.97 Å². The molecule has 0 radical (unpaired) electrons. The third kappa shape index (κ3) is 6.04. The van der Waals surface area contributed by atoms with Crippen molar-refractivity contribution in [3.05, 3.63) is 23.7 Å². The maximum Gasteiger partial charge on any atom is 0.374 e. The molecule has 0 spiro atoms. The van der Waals surface area contributed by atoms with Crippen molar-refractivity contribution in [3.8, 4) is 0 Å². The van der Waals surface area contributed by atoms with Gasteiger partial charge in [0.1, 0.15) is 5.76 Å². The molecule has 29 heavy (non-hydrogen) atoms. The average Bonchev–Trinajstić information content (AvgIpc) is 3.21. The Kier molecular flexibility index (Phi) is 7.65. The first kappa shape index (κ1) is 21.3. The van der Waals surface area contributed by atoms with Crippen LogP contribution in [-0.2, 0) is 25.6 Å². The quantitative estimate of drug-likeness (QED) is 0.631. The Bertz CT molecular complexity index is 713. The van der Waals surface area contributed by atoms with E-state index in [1.807, 2.05) is 0 Å². The number of nitrogens with one attached hydrogen (secondary N) is 1. The molecule has 0 unspecified atom stereocenters. The molecule has 0 aromatic carbocycles. The lowest BCUT2D eigenvalue weighted by Gasteiger charge is -2.34. The zero-order valence-corrected chi connectivity index (χ0v) is 16.9. The van der Waals surface area contributed by atoms with Gasteiger partial charge in [-0.2, -0.15) is 0 Å². The molecule has 2 amide bonds. The van der Waals surface area contributed by atoms with Gasteiger partial charge in [-0.1, -0.05) is 0 Å². The van der Waals surface area contributed by atoms with Crippen molar-refractivity contribution < 1.29 is 28.3 Å². The van der Waals surface area contributed by atoms with Crippen molar-refractivity contribution >= 4 is 17.8 Å². The highest BCUT2D eigenvalue weighted by Gasteiger charge is 2.30. The van der Waals surface area contributed by atoms with Crippen molar-refractivity contribution in [2.24, 2.45) is 5.92 Å². The van der Waals surface area contributed by atoms with Crippen LogP contribution in [0.4, 0.5) is 0 Å². The molecule has 9 heteroatoms. The second-order valence-electron chi connectivity index (χ2n) is 7.23. The maximum absolute atomic E-state index is 12.6. The van der Waals surface area contributed by atoms with Gasteiger partial charge in [-0.05, 0) is 25.5 Å². The van der Waals surface area contributed by atoms with Crippen LogP contribution in [0.1, 0.15) is 36.1 Å². The van der Waals surface area contributed by atoms with Gasteiger partial charge < -0.3 is 24.1 Å². The second-order valence-corrected chi connectivity index (χ2v) is 7.23. The SMILES string of the molecule is CCOC(=O)c1ccc(CNC(=O)[C@H]2CCC(=O)N(CCN3CCOCC3)C2)o1. The van der Waals surface area contributed by atoms with Gasteiger partial charge in [-0.15, -0.1) is 0 Å². The molecule has 1 atom stereocenters. The van der Waals surface area contributed by atoms with Crippen LogP contribution in [0.15, 0.2) is 16.5 Å². The summed E-state index contributed by atoms with van der Waals surface area (Å²) in [5, 5.41) is 2.84. The van der Waals surface area contributed by atoms with E-state index < -0.39 is 5.97 Å². The van der Waals surface area contributed by atoms with Crippen LogP contribution >= 0.6 is 0 Å². The third-order valence-corrected chi connectivity index (χ3v) is 5.24. The van der Waals surface area contributed by atoms with Crippen molar-refractivity contribution in [1.29, 1.82) is 0 Å². The molecule has 2 aliphatic heterocycles. The number of furan rings is 1. The predicted octanol–water partition coefficient (Wildman–Crippen LogP) is 0.643. The molecule has 9 nitrogen and oxygen atoms in total. The Morgan fingerprint density at radius 2 is 2.03 bits per heavy atom. The molecule has 1 aromatic heterocycles. The molecule has 2 fully saturated rings. The molecule has 1 N–H and O–H groups in total. The highest BCUT2D eigenvalue weighted by atomic mass is 16.5. The van der Waals surface area contributed by atoms with Crippen LogP contribution in [0, 0.1) is 5.92 Å². The van der Waals surface area contributed by atoms with E-state index in [4.69, 9.17) is 13.9 Å². The van der Waals surface area contributed by atoms with Gasteiger partial charge in [0.25, 0.3) is 0 Å². The Balaban J connectivity index is 1.45. The molecular weight excluding hydrogens is 378 g/mol. The molecule has 0 aliphatic carbocycles. The van der Waals surface area contributed by atoms with E-state index in [2.05, 4.69) is 10.2 Å². The Hall–Kier alpha value is -2.39. The summed E-state index contributed by atoms with van der Waals surface area (Å²) in [6, 6.07) is 3.18. The Morgan fingerprint density at radius 3 is 2.79 bits per heavy atom. The summed E-state index contributed by atoms with van der Waals surface area (Å²) >= 11 is 0. The van der Waals surface area contributed by atoms with Crippen molar-refractivity contribution in [3.63, 3.8) is 0 Å². The van der Waals surface area contributed by atoms with Crippen LogP contribution in [0.5, 0.6) is 0 Å². The lowest BCUT2D eigenvalue weighted by atomic mass is 9.96. The van der Waals surface area contributed by atoms with Gasteiger partial charge in [0.15, 0.2) is 0 Å². The molecule has 3 heterocycles. The average molecular weight is 407 g/mol. The number of esters is 1. The molecule has 1 aromatic rings. The second kappa shape index (κ2) is 10.4. The number of likely N-dealkylation sites (tertiary alicyclic amines) is 1. The van der Waals surface area contributed by atoms with Crippen molar-refractivity contribution in [2.75, 3.05) is 52.5 Å². The van der Waals surface area contributed by atoms with Gasteiger partial charge in [-0.25, -0.2) is 4.79 Å². The number of amides is 2. The molecule has 2 aliphatic rings. The Morgan fingerprint density at radius 1 is 1.24 bits per heavy atom. The molecule has 0 bridgehead atoms. The third-order valence-electron chi connectivity index (χ3n) is 5.24. The minimum atomic E-state index is -0.522. The minimum Gasteiger partial charge on any atom is -0.460 e. The minimum absolute atomic E-state index is 0.104. The number of hydrogen-bond donors (Lipinski definition) is 1. The zero-order chi connectivity index (χ0) is 20.6. The number of carbonyl (C=O) groups excluding carboxylic acids is 3. The summed E-state index contributed by atoms with van der Waals surface area (Å²) in [7, 11) is 0. The molecular formula is C20H29N3O6. The van der Waals surface area contributed by atoms with E-state index in [1.165, 1.54) is 6.07 Å². The summed E-state index contributed by atoms with van der Waals surface area (Å²) in [6.45, 7) is 7.25. The predicted molar refractivity (Wildman–Crippen MR) is 103 cm³/mol. The number of piperidine rings is 1. The van der Waals surface area contributed by atoms with Crippen LogP contribution in [0.3, 0.4) is 0 Å². The fourth-order valence-corrected chi connectivity index (χ4v) is 3.54. The van der Waals surface area contributed by atoms with Gasteiger partial charge in [0.05, 0.1) is 32.3 Å². The normalized spacial score (nSPS) is 20.5. The van der Waals surface area contributed by atoms with E-state index in [0.717, 1.165) is 32.8 Å². The largest absolute Gasteiger partial charge is 0.460 e. The van der Waals surface area contributed by atoms with Gasteiger partial charge in [0.2, 0.25) is 17.6 Å². The van der Waals surface area contributed by atoms with Gasteiger partial charge in [-0.3, -0.25) is 14.5 Å². The zero-order valence-electron chi connectivity index (χ0n) is 16.9. The lowest BCUT2D eigenvalue weighted by molar-refractivity contribution is -0.138. The molecule has 2 saturated heterocycles. The topological polar surface area (TPSA) is 101 Å². The van der Waals surface area contributed by atoms with Crippen LogP contribution < -0.4 is 5.32 Å². The molecule has 160 valence electrons. The molecule has 3 rings (SSSR count). The molecule has 0 saturated carbocycles. The van der Waals surface area contributed by atoms with Gasteiger partial charge in [0, 0.05) is 39.1 Å². The standard InChI is InChI=1S/C20H29N3O6/c1-2-28-20(26)17-5-4-16(29-17)13-21-19(25)15-3-6-18(24)23(14-15)8-7-22-9-11-27-12-10-22/h4-5,15H,2-3,6-14H2,1H3,(H,21,25)/t15-/m0/s1. The summed E-state index contributed by atoms with van der Waals surface area (Å²) in [5.41, 5.74) is 0. The fraction of sp³-hybridized carbons (Fsp3) is 0.650. The monoisotopic (exact) mass is 407 g/mol. The first-order valence-electron chi connectivity index (χ1n) is 10.2. The first-order valence-corrected chi connectivity index (χ1v) is 10.2. The summed E-state index contributed by atoms with van der Waals surface area (Å²) < 4.78 is 15.6. The summed E-state index contributed by atoms with van der Waals surface area (Å²) in [5.74, 6) is -0.162. The van der Waals surface area contributed by atoms with Crippen LogP contribution in [-0.4, -0.2) is 80.1 Å². The Labute approximate surface area is 170 Å².